The third kappa shape index (κ3) is 3.69. The molecule has 0 spiro atoms. The Morgan fingerprint density at radius 1 is 1.07 bits per heavy atom. The summed E-state index contributed by atoms with van der Waals surface area (Å²) in [5.74, 6) is 1.60. The Morgan fingerprint density at radius 2 is 1.78 bits per heavy atom. The van der Waals surface area contributed by atoms with Crippen molar-refractivity contribution in [3.8, 4) is 5.75 Å². The van der Waals surface area contributed by atoms with E-state index < -0.39 is 0 Å². The minimum atomic E-state index is -0.0617. The van der Waals surface area contributed by atoms with E-state index >= 15 is 0 Å². The molecule has 0 bridgehead atoms. The SMILES string of the molecule is NCC1CCN(C(=O)c2oc3ccccc3c2COc2ccccc2)CC1. The molecule has 140 valence electrons. The number of nitrogens with zero attached hydrogens (tertiary/aromatic N) is 1. The lowest BCUT2D eigenvalue weighted by Gasteiger charge is -2.31. The Kier molecular flexibility index (Phi) is 5.12. The van der Waals surface area contributed by atoms with Gasteiger partial charge in [0.2, 0.25) is 0 Å². The predicted molar refractivity (Wildman–Crippen MR) is 105 cm³/mol. The Morgan fingerprint density at radius 3 is 2.52 bits per heavy atom. The molecule has 27 heavy (non-hydrogen) atoms. The van der Waals surface area contributed by atoms with E-state index in [1.54, 1.807) is 0 Å². The van der Waals surface area contributed by atoms with E-state index in [4.69, 9.17) is 14.9 Å². The number of likely N-dealkylation sites (tertiary alicyclic amines) is 1. The zero-order valence-electron chi connectivity index (χ0n) is 15.3. The lowest BCUT2D eigenvalue weighted by Crippen LogP contribution is -2.40. The minimum absolute atomic E-state index is 0.0617. The Hall–Kier alpha value is -2.79. The fraction of sp³-hybridized carbons (Fsp3) is 0.318. The van der Waals surface area contributed by atoms with Crippen molar-refractivity contribution in [1.29, 1.82) is 0 Å². The van der Waals surface area contributed by atoms with Crippen LogP contribution < -0.4 is 10.5 Å². The van der Waals surface area contributed by atoms with Gasteiger partial charge in [-0.3, -0.25) is 4.79 Å². The van der Waals surface area contributed by atoms with Gasteiger partial charge in [0, 0.05) is 24.0 Å². The lowest BCUT2D eigenvalue weighted by molar-refractivity contribution is 0.0660. The largest absolute Gasteiger partial charge is 0.489 e. The zero-order valence-corrected chi connectivity index (χ0v) is 15.3. The number of fused-ring (bicyclic) bond motifs is 1. The molecule has 2 heterocycles. The van der Waals surface area contributed by atoms with Crippen LogP contribution in [0.5, 0.6) is 5.75 Å². The first-order valence-electron chi connectivity index (χ1n) is 9.44. The van der Waals surface area contributed by atoms with Gasteiger partial charge >= 0.3 is 0 Å². The van der Waals surface area contributed by atoms with Crippen LogP contribution in [0.3, 0.4) is 0 Å². The van der Waals surface area contributed by atoms with E-state index in [-0.39, 0.29) is 5.91 Å². The van der Waals surface area contributed by atoms with Crippen molar-refractivity contribution in [2.75, 3.05) is 19.6 Å². The van der Waals surface area contributed by atoms with E-state index in [2.05, 4.69) is 0 Å². The standard InChI is InChI=1S/C22H24N2O3/c23-14-16-10-12-24(13-11-16)22(25)21-19(15-26-17-6-2-1-3-7-17)18-8-4-5-9-20(18)27-21/h1-9,16H,10-15,23H2. The van der Waals surface area contributed by atoms with Crippen LogP contribution in [0.25, 0.3) is 11.0 Å². The first-order chi connectivity index (χ1) is 13.3. The molecule has 1 aromatic heterocycles. The number of benzene rings is 2. The first-order valence-corrected chi connectivity index (χ1v) is 9.44. The Labute approximate surface area is 158 Å². The number of hydrogen-bond acceptors (Lipinski definition) is 4. The van der Waals surface area contributed by atoms with Crippen LogP contribution in [0.4, 0.5) is 0 Å². The second-order valence-electron chi connectivity index (χ2n) is 6.98. The van der Waals surface area contributed by atoms with Gasteiger partial charge < -0.3 is 19.8 Å². The first kappa shape index (κ1) is 17.6. The summed E-state index contributed by atoms with van der Waals surface area (Å²) in [5, 5.41) is 0.925. The van der Waals surface area contributed by atoms with Gasteiger partial charge in [0.1, 0.15) is 17.9 Å². The van der Waals surface area contributed by atoms with Crippen LogP contribution in [0.2, 0.25) is 0 Å². The third-order valence-electron chi connectivity index (χ3n) is 5.25. The van der Waals surface area contributed by atoms with Gasteiger partial charge in [-0.15, -0.1) is 0 Å². The molecule has 1 aliphatic heterocycles. The van der Waals surface area contributed by atoms with Crippen molar-refractivity contribution in [1.82, 2.24) is 4.90 Å². The highest BCUT2D eigenvalue weighted by Gasteiger charge is 2.28. The van der Waals surface area contributed by atoms with Gasteiger partial charge in [-0.1, -0.05) is 36.4 Å². The highest BCUT2D eigenvalue weighted by molar-refractivity contribution is 5.99. The molecule has 0 saturated carbocycles. The van der Waals surface area contributed by atoms with Crippen molar-refractivity contribution < 1.29 is 13.9 Å². The maximum absolute atomic E-state index is 13.1. The molecule has 0 radical (unpaired) electrons. The summed E-state index contributed by atoms with van der Waals surface area (Å²) in [7, 11) is 0. The summed E-state index contributed by atoms with van der Waals surface area (Å²) < 4.78 is 11.9. The van der Waals surface area contributed by atoms with Crippen molar-refractivity contribution in [2.45, 2.75) is 19.4 Å². The summed E-state index contributed by atoms with van der Waals surface area (Å²) in [4.78, 5) is 15.0. The van der Waals surface area contributed by atoms with Crippen LogP contribution in [0, 0.1) is 5.92 Å². The van der Waals surface area contributed by atoms with Gasteiger partial charge in [-0.25, -0.2) is 0 Å². The fourth-order valence-corrected chi connectivity index (χ4v) is 3.60. The molecule has 5 nitrogen and oxygen atoms in total. The average molecular weight is 364 g/mol. The second-order valence-corrected chi connectivity index (χ2v) is 6.98. The van der Waals surface area contributed by atoms with Crippen LogP contribution in [0.15, 0.2) is 59.0 Å². The summed E-state index contributed by atoms with van der Waals surface area (Å²) >= 11 is 0. The van der Waals surface area contributed by atoms with Crippen molar-refractivity contribution in [3.05, 3.63) is 65.9 Å². The number of ether oxygens (including phenoxy) is 1. The maximum atomic E-state index is 13.1. The highest BCUT2D eigenvalue weighted by atomic mass is 16.5. The van der Waals surface area contributed by atoms with Crippen molar-refractivity contribution >= 4 is 16.9 Å². The summed E-state index contributed by atoms with van der Waals surface area (Å²) in [6.45, 7) is 2.41. The minimum Gasteiger partial charge on any atom is -0.489 e. The van der Waals surface area contributed by atoms with Gasteiger partial charge in [0.25, 0.3) is 5.91 Å². The molecule has 1 aliphatic rings. The van der Waals surface area contributed by atoms with E-state index in [1.807, 2.05) is 59.5 Å². The number of amides is 1. The molecule has 4 rings (SSSR count). The molecule has 0 unspecified atom stereocenters. The quantitative estimate of drug-likeness (QED) is 0.747. The number of nitrogens with two attached hydrogens (primary N) is 1. The molecule has 1 fully saturated rings. The zero-order chi connectivity index (χ0) is 18.6. The molecular weight excluding hydrogens is 340 g/mol. The monoisotopic (exact) mass is 364 g/mol. The number of piperidine rings is 1. The van der Waals surface area contributed by atoms with E-state index in [0.29, 0.717) is 30.4 Å². The fourth-order valence-electron chi connectivity index (χ4n) is 3.60. The third-order valence-corrected chi connectivity index (χ3v) is 5.25. The lowest BCUT2D eigenvalue weighted by atomic mass is 9.97. The number of carbonyl (C=O) groups is 1. The van der Waals surface area contributed by atoms with E-state index in [0.717, 1.165) is 42.6 Å². The van der Waals surface area contributed by atoms with Gasteiger partial charge in [0.05, 0.1) is 0 Å². The molecule has 1 saturated heterocycles. The molecular formula is C22H24N2O3. The van der Waals surface area contributed by atoms with Crippen LogP contribution >= 0.6 is 0 Å². The number of rotatable bonds is 5. The maximum Gasteiger partial charge on any atom is 0.290 e. The van der Waals surface area contributed by atoms with E-state index in [1.165, 1.54) is 0 Å². The summed E-state index contributed by atoms with van der Waals surface area (Å²) in [6.07, 6.45) is 1.89. The smallest absolute Gasteiger partial charge is 0.290 e. The van der Waals surface area contributed by atoms with Crippen LogP contribution in [-0.4, -0.2) is 30.4 Å². The number of para-hydroxylation sites is 2. The molecule has 0 atom stereocenters. The van der Waals surface area contributed by atoms with Crippen LogP contribution in [0.1, 0.15) is 29.0 Å². The van der Waals surface area contributed by atoms with Crippen LogP contribution in [-0.2, 0) is 6.61 Å². The molecule has 2 N–H and O–H groups in total. The predicted octanol–water partition coefficient (Wildman–Crippen LogP) is 3.82. The van der Waals surface area contributed by atoms with Crippen molar-refractivity contribution in [2.24, 2.45) is 11.7 Å². The molecule has 1 amide bonds. The number of carbonyl (C=O) groups excluding carboxylic acids is 1. The molecule has 0 aliphatic carbocycles. The Bertz CT molecular complexity index is 912. The molecule has 5 heteroatoms. The Balaban J connectivity index is 1.60. The average Bonchev–Trinajstić information content (AvgIpc) is 3.11. The topological polar surface area (TPSA) is 68.7 Å². The number of furan rings is 1. The second kappa shape index (κ2) is 7.84. The normalized spacial score (nSPS) is 15.2. The number of hydrogen-bond donors (Lipinski definition) is 1. The van der Waals surface area contributed by atoms with Gasteiger partial charge in [-0.05, 0) is 43.5 Å². The van der Waals surface area contributed by atoms with Crippen molar-refractivity contribution in [3.63, 3.8) is 0 Å². The summed E-state index contributed by atoms with van der Waals surface area (Å²) in [6, 6.07) is 17.3. The van der Waals surface area contributed by atoms with E-state index in [9.17, 15) is 4.79 Å². The molecule has 2 aromatic carbocycles. The highest BCUT2D eigenvalue weighted by Crippen LogP contribution is 2.29. The summed E-state index contributed by atoms with van der Waals surface area (Å²) in [5.41, 5.74) is 7.29. The molecule has 3 aromatic rings. The van der Waals surface area contributed by atoms with Gasteiger partial charge in [0.15, 0.2) is 5.76 Å². The van der Waals surface area contributed by atoms with Gasteiger partial charge in [-0.2, -0.15) is 0 Å².